The molecule has 2 aromatic heterocycles. The number of nitrogen functional groups attached to an aromatic ring is 1. The first-order valence-electron chi connectivity index (χ1n) is 7.94. The van der Waals surface area contributed by atoms with Gasteiger partial charge in [-0.2, -0.15) is 0 Å². The van der Waals surface area contributed by atoms with E-state index in [9.17, 15) is 4.79 Å². The van der Waals surface area contributed by atoms with E-state index in [0.29, 0.717) is 17.8 Å². The third-order valence-corrected chi connectivity index (χ3v) is 4.37. The fraction of sp³-hybridized carbons (Fsp3) is 0.278. The van der Waals surface area contributed by atoms with E-state index in [2.05, 4.69) is 4.98 Å². The fourth-order valence-electron chi connectivity index (χ4n) is 3.13. The Bertz CT molecular complexity index is 952. The van der Waals surface area contributed by atoms with Gasteiger partial charge in [-0.1, -0.05) is 0 Å². The van der Waals surface area contributed by atoms with Gasteiger partial charge >= 0.3 is 0 Å². The van der Waals surface area contributed by atoms with Crippen LogP contribution in [0, 0.1) is 0 Å². The summed E-state index contributed by atoms with van der Waals surface area (Å²) in [6.45, 7) is 1.31. The van der Waals surface area contributed by atoms with Crippen LogP contribution >= 0.6 is 0 Å². The van der Waals surface area contributed by atoms with Gasteiger partial charge < -0.3 is 24.8 Å². The molecule has 24 heavy (non-hydrogen) atoms. The maximum absolute atomic E-state index is 12.3. The van der Waals surface area contributed by atoms with Crippen LogP contribution in [0.4, 0.5) is 5.69 Å². The first-order valence-corrected chi connectivity index (χ1v) is 7.94. The number of ether oxygens (including phenoxy) is 2. The van der Waals surface area contributed by atoms with E-state index in [1.54, 1.807) is 17.8 Å². The lowest BCUT2D eigenvalue weighted by molar-refractivity contribution is 0.142. The molecule has 1 unspecified atom stereocenters. The molecule has 0 aliphatic carbocycles. The summed E-state index contributed by atoms with van der Waals surface area (Å²) in [5.74, 6) is 0.751. The van der Waals surface area contributed by atoms with Crippen LogP contribution in [0.5, 0.6) is 5.75 Å². The molecule has 0 amide bonds. The molecule has 6 heteroatoms. The number of fused-ring (bicyclic) bond motifs is 1. The quantitative estimate of drug-likeness (QED) is 0.724. The van der Waals surface area contributed by atoms with Crippen molar-refractivity contribution in [2.75, 3.05) is 18.9 Å². The lowest BCUT2D eigenvalue weighted by Gasteiger charge is -2.17. The number of nitrogens with zero attached hydrogens (tertiary/aromatic N) is 1. The lowest BCUT2D eigenvalue weighted by atomic mass is 10.0. The molecule has 3 heterocycles. The molecule has 3 N–H and O–H groups in total. The zero-order valence-corrected chi connectivity index (χ0v) is 13.4. The second-order valence-electron chi connectivity index (χ2n) is 6.08. The van der Waals surface area contributed by atoms with Crippen molar-refractivity contribution in [1.82, 2.24) is 9.55 Å². The van der Waals surface area contributed by atoms with Crippen LogP contribution in [0.15, 0.2) is 41.5 Å². The van der Waals surface area contributed by atoms with Crippen LogP contribution in [0.25, 0.3) is 22.0 Å². The molecule has 1 atom stereocenters. The van der Waals surface area contributed by atoms with Crippen LogP contribution in [-0.2, 0) is 11.8 Å². The van der Waals surface area contributed by atoms with Crippen LogP contribution in [0.3, 0.4) is 0 Å². The monoisotopic (exact) mass is 325 g/mol. The van der Waals surface area contributed by atoms with Gasteiger partial charge in [0, 0.05) is 48.1 Å². The second kappa shape index (κ2) is 5.72. The molecule has 1 aliphatic heterocycles. The van der Waals surface area contributed by atoms with Gasteiger partial charge in [-0.15, -0.1) is 0 Å². The largest absolute Gasteiger partial charge is 0.487 e. The number of hydrogen-bond donors (Lipinski definition) is 2. The van der Waals surface area contributed by atoms with E-state index in [4.69, 9.17) is 15.2 Å². The van der Waals surface area contributed by atoms with E-state index in [1.165, 1.54) is 0 Å². The molecule has 6 nitrogen and oxygen atoms in total. The fourth-order valence-corrected chi connectivity index (χ4v) is 3.13. The number of pyridine rings is 1. The highest BCUT2D eigenvalue weighted by Crippen LogP contribution is 2.36. The topological polar surface area (TPSA) is 82.3 Å². The molecule has 0 saturated carbocycles. The molecule has 0 bridgehead atoms. The van der Waals surface area contributed by atoms with Gasteiger partial charge in [-0.05, 0) is 24.3 Å². The Labute approximate surface area is 138 Å². The van der Waals surface area contributed by atoms with Crippen molar-refractivity contribution in [3.05, 3.63) is 47.0 Å². The average Bonchev–Trinajstić information content (AvgIpc) is 3.24. The van der Waals surface area contributed by atoms with E-state index < -0.39 is 0 Å². The highest BCUT2D eigenvalue weighted by atomic mass is 16.5. The van der Waals surface area contributed by atoms with E-state index >= 15 is 0 Å². The molecule has 1 aromatic carbocycles. The number of nitrogens with two attached hydrogens (primary N) is 1. The number of aryl methyl sites for hydroxylation is 1. The minimum absolute atomic E-state index is 0.0432. The molecule has 0 spiro atoms. The van der Waals surface area contributed by atoms with Crippen LogP contribution in [0.2, 0.25) is 0 Å². The summed E-state index contributed by atoms with van der Waals surface area (Å²) in [4.78, 5) is 15.3. The summed E-state index contributed by atoms with van der Waals surface area (Å²) >= 11 is 0. The van der Waals surface area contributed by atoms with Gasteiger partial charge in [0.2, 0.25) is 0 Å². The first kappa shape index (κ1) is 14.8. The molecular weight excluding hydrogens is 306 g/mol. The number of benzene rings is 1. The standard InChI is InChI=1S/C18H19N3O3/c1-21-9-15(13-4-6-20-17(13)18(21)22)14-8-11(19)2-3-16(14)24-12-5-7-23-10-12/h2-4,6,8-9,12,20H,5,7,10,19H2,1H3. The molecule has 3 aromatic rings. The number of rotatable bonds is 3. The summed E-state index contributed by atoms with van der Waals surface area (Å²) in [7, 11) is 1.74. The number of nitrogens with one attached hydrogen (secondary N) is 1. The highest BCUT2D eigenvalue weighted by Gasteiger charge is 2.20. The third kappa shape index (κ3) is 2.45. The summed E-state index contributed by atoms with van der Waals surface area (Å²) in [5, 5.41) is 0.858. The molecule has 1 saturated heterocycles. The lowest BCUT2D eigenvalue weighted by Crippen LogP contribution is -2.18. The SMILES string of the molecule is Cn1cc(-c2cc(N)ccc2OC2CCOC2)c2cc[nH]c2c1=O. The van der Waals surface area contributed by atoms with Crippen LogP contribution < -0.4 is 16.0 Å². The van der Waals surface area contributed by atoms with E-state index in [-0.39, 0.29) is 11.7 Å². The van der Waals surface area contributed by atoms with E-state index in [1.807, 2.05) is 30.5 Å². The Morgan fingerprint density at radius 3 is 3.00 bits per heavy atom. The molecule has 1 aliphatic rings. The zero-order chi connectivity index (χ0) is 16.7. The number of H-pyrrole nitrogens is 1. The second-order valence-corrected chi connectivity index (χ2v) is 6.08. The molecule has 124 valence electrons. The molecule has 0 radical (unpaired) electrons. The van der Waals surface area contributed by atoms with Crippen molar-refractivity contribution in [2.24, 2.45) is 7.05 Å². The minimum atomic E-state index is -0.0608. The van der Waals surface area contributed by atoms with Gasteiger partial charge in [0.1, 0.15) is 17.4 Å². The summed E-state index contributed by atoms with van der Waals surface area (Å²) < 4.78 is 13.1. The predicted molar refractivity (Wildman–Crippen MR) is 93.2 cm³/mol. The molecular formula is C18H19N3O3. The van der Waals surface area contributed by atoms with Crippen molar-refractivity contribution in [1.29, 1.82) is 0 Å². The van der Waals surface area contributed by atoms with Crippen molar-refractivity contribution < 1.29 is 9.47 Å². The van der Waals surface area contributed by atoms with Crippen molar-refractivity contribution >= 4 is 16.6 Å². The molecule has 1 fully saturated rings. The van der Waals surface area contributed by atoms with Crippen LogP contribution in [-0.4, -0.2) is 28.9 Å². The van der Waals surface area contributed by atoms with Gasteiger partial charge in [-0.25, -0.2) is 0 Å². The van der Waals surface area contributed by atoms with Crippen molar-refractivity contribution in [3.63, 3.8) is 0 Å². The maximum atomic E-state index is 12.3. The Kier molecular flexibility index (Phi) is 3.54. The normalized spacial score (nSPS) is 17.5. The minimum Gasteiger partial charge on any atom is -0.487 e. The zero-order valence-electron chi connectivity index (χ0n) is 13.4. The van der Waals surface area contributed by atoms with Gasteiger partial charge in [0.05, 0.1) is 13.2 Å². The van der Waals surface area contributed by atoms with Crippen molar-refractivity contribution in [3.8, 4) is 16.9 Å². The Morgan fingerprint density at radius 2 is 2.21 bits per heavy atom. The Morgan fingerprint density at radius 1 is 1.33 bits per heavy atom. The highest BCUT2D eigenvalue weighted by molar-refractivity contribution is 5.96. The van der Waals surface area contributed by atoms with E-state index in [0.717, 1.165) is 35.3 Å². The third-order valence-electron chi connectivity index (χ3n) is 4.37. The van der Waals surface area contributed by atoms with Gasteiger partial charge in [-0.3, -0.25) is 4.79 Å². The number of hydrogen-bond acceptors (Lipinski definition) is 4. The first-order chi connectivity index (χ1) is 11.6. The summed E-state index contributed by atoms with van der Waals surface area (Å²) in [5.41, 5.74) is 8.96. The maximum Gasteiger partial charge on any atom is 0.274 e. The van der Waals surface area contributed by atoms with Crippen LogP contribution in [0.1, 0.15) is 6.42 Å². The number of aromatic amines is 1. The predicted octanol–water partition coefficient (Wildman–Crippen LogP) is 2.28. The Hall–Kier alpha value is -2.73. The molecule has 4 rings (SSSR count). The number of aromatic nitrogens is 2. The van der Waals surface area contributed by atoms with Gasteiger partial charge in [0.25, 0.3) is 5.56 Å². The number of anilines is 1. The van der Waals surface area contributed by atoms with Gasteiger partial charge in [0.15, 0.2) is 0 Å². The average molecular weight is 325 g/mol. The van der Waals surface area contributed by atoms with Crippen molar-refractivity contribution in [2.45, 2.75) is 12.5 Å². The smallest absolute Gasteiger partial charge is 0.274 e. The summed E-state index contributed by atoms with van der Waals surface area (Å²) in [6.07, 6.45) is 4.51. The Balaban J connectivity index is 1.89. The summed E-state index contributed by atoms with van der Waals surface area (Å²) in [6, 6.07) is 7.49.